The maximum Gasteiger partial charge on any atom is 0.0504 e. The molecular weight excluding hydrogens is 208 g/mol. The summed E-state index contributed by atoms with van der Waals surface area (Å²) in [4.78, 5) is 2.66. The lowest BCUT2D eigenvalue weighted by atomic mass is 9.88. The van der Waals surface area contributed by atoms with Gasteiger partial charge in [-0.2, -0.15) is 0 Å². The highest BCUT2D eigenvalue weighted by Crippen LogP contribution is 2.40. The summed E-state index contributed by atoms with van der Waals surface area (Å²) in [5, 5.41) is 0. The van der Waals surface area contributed by atoms with Crippen LogP contribution in [0, 0.1) is 6.92 Å². The van der Waals surface area contributed by atoms with Crippen molar-refractivity contribution in [3.63, 3.8) is 0 Å². The second kappa shape index (κ2) is 4.43. The third-order valence-corrected chi connectivity index (χ3v) is 4.24. The minimum absolute atomic E-state index is 0.311. The molecule has 0 bridgehead atoms. The average molecular weight is 230 g/mol. The number of aryl methyl sites for hydroxylation is 1. The standard InChI is InChI=1S/C15H22N2/c1-11-5-2-3-6-13(11)15-14(16)7-4-10-17(15)12-8-9-12/h2-3,5-6,12,14-15H,4,7-10,16H2,1H3. The van der Waals surface area contributed by atoms with Crippen LogP contribution >= 0.6 is 0 Å². The monoisotopic (exact) mass is 230 g/mol. The van der Waals surface area contributed by atoms with Crippen LogP contribution in [0.15, 0.2) is 24.3 Å². The highest BCUT2D eigenvalue weighted by atomic mass is 15.2. The third-order valence-electron chi connectivity index (χ3n) is 4.24. The minimum atomic E-state index is 0.311. The Hall–Kier alpha value is -0.860. The SMILES string of the molecule is Cc1ccccc1C1C(N)CCCN1C1CC1. The Morgan fingerprint density at radius 2 is 1.94 bits per heavy atom. The second-order valence-corrected chi connectivity index (χ2v) is 5.58. The second-order valence-electron chi connectivity index (χ2n) is 5.58. The zero-order valence-electron chi connectivity index (χ0n) is 10.6. The Morgan fingerprint density at radius 3 is 2.65 bits per heavy atom. The normalized spacial score (nSPS) is 30.5. The summed E-state index contributed by atoms with van der Waals surface area (Å²) in [5.41, 5.74) is 9.23. The molecule has 1 aliphatic heterocycles. The molecule has 2 heteroatoms. The number of nitrogens with two attached hydrogens (primary N) is 1. The molecule has 2 atom stereocenters. The quantitative estimate of drug-likeness (QED) is 0.846. The summed E-state index contributed by atoms with van der Waals surface area (Å²) in [5.74, 6) is 0. The largest absolute Gasteiger partial charge is 0.326 e. The Labute approximate surface area is 104 Å². The number of rotatable bonds is 2. The van der Waals surface area contributed by atoms with E-state index in [1.807, 2.05) is 0 Å². The van der Waals surface area contributed by atoms with Gasteiger partial charge < -0.3 is 5.73 Å². The van der Waals surface area contributed by atoms with Crippen molar-refractivity contribution >= 4 is 0 Å². The number of hydrogen-bond donors (Lipinski definition) is 1. The van der Waals surface area contributed by atoms with Crippen LogP contribution in [0.5, 0.6) is 0 Å². The Kier molecular flexibility index (Phi) is 2.93. The molecule has 0 radical (unpaired) electrons. The molecule has 1 heterocycles. The molecular formula is C15H22N2. The van der Waals surface area contributed by atoms with Gasteiger partial charge in [0.25, 0.3) is 0 Å². The van der Waals surface area contributed by atoms with E-state index in [4.69, 9.17) is 5.73 Å². The third kappa shape index (κ3) is 2.12. The summed E-state index contributed by atoms with van der Waals surface area (Å²) < 4.78 is 0. The van der Waals surface area contributed by atoms with Gasteiger partial charge in [-0.15, -0.1) is 0 Å². The fourth-order valence-corrected chi connectivity index (χ4v) is 3.20. The van der Waals surface area contributed by atoms with Crippen LogP contribution in [0.25, 0.3) is 0 Å². The molecule has 1 aromatic carbocycles. The first-order valence-corrected chi connectivity index (χ1v) is 6.84. The van der Waals surface area contributed by atoms with Crippen molar-refractivity contribution in [1.29, 1.82) is 0 Å². The lowest BCUT2D eigenvalue weighted by Gasteiger charge is -2.41. The fourth-order valence-electron chi connectivity index (χ4n) is 3.20. The smallest absolute Gasteiger partial charge is 0.0504 e. The van der Waals surface area contributed by atoms with Crippen LogP contribution in [0.4, 0.5) is 0 Å². The number of hydrogen-bond acceptors (Lipinski definition) is 2. The molecule has 0 spiro atoms. The van der Waals surface area contributed by atoms with Crippen LogP contribution in [-0.2, 0) is 0 Å². The number of likely N-dealkylation sites (tertiary alicyclic amines) is 1. The molecule has 1 aliphatic carbocycles. The van der Waals surface area contributed by atoms with Gasteiger partial charge in [0.2, 0.25) is 0 Å². The van der Waals surface area contributed by atoms with Gasteiger partial charge in [-0.25, -0.2) is 0 Å². The van der Waals surface area contributed by atoms with Crippen molar-refractivity contribution in [3.8, 4) is 0 Å². The molecule has 92 valence electrons. The van der Waals surface area contributed by atoms with Gasteiger partial charge in [-0.3, -0.25) is 4.90 Å². The Balaban J connectivity index is 1.93. The van der Waals surface area contributed by atoms with Gasteiger partial charge in [-0.05, 0) is 50.3 Å². The Bertz CT molecular complexity index is 398. The Morgan fingerprint density at radius 1 is 1.18 bits per heavy atom. The molecule has 1 saturated heterocycles. The lowest BCUT2D eigenvalue weighted by molar-refractivity contribution is 0.119. The predicted molar refractivity (Wildman–Crippen MR) is 70.9 cm³/mol. The number of nitrogens with zero attached hydrogens (tertiary/aromatic N) is 1. The van der Waals surface area contributed by atoms with Crippen LogP contribution in [0.3, 0.4) is 0 Å². The van der Waals surface area contributed by atoms with Crippen molar-refractivity contribution in [3.05, 3.63) is 35.4 Å². The molecule has 0 amide bonds. The van der Waals surface area contributed by atoms with Gasteiger partial charge in [0, 0.05) is 12.1 Å². The maximum atomic E-state index is 6.39. The summed E-state index contributed by atoms with van der Waals surface area (Å²) in [6, 6.07) is 10.3. The molecule has 1 aromatic rings. The lowest BCUT2D eigenvalue weighted by Crippen LogP contribution is -2.47. The van der Waals surface area contributed by atoms with E-state index >= 15 is 0 Å². The molecule has 2 unspecified atom stereocenters. The van der Waals surface area contributed by atoms with E-state index in [-0.39, 0.29) is 0 Å². The highest BCUT2D eigenvalue weighted by molar-refractivity contribution is 5.30. The van der Waals surface area contributed by atoms with Gasteiger partial charge in [-0.1, -0.05) is 24.3 Å². The van der Waals surface area contributed by atoms with Crippen molar-refractivity contribution in [2.45, 2.75) is 50.7 Å². The van der Waals surface area contributed by atoms with Crippen LogP contribution < -0.4 is 5.73 Å². The topological polar surface area (TPSA) is 29.3 Å². The van der Waals surface area contributed by atoms with E-state index in [1.165, 1.54) is 43.4 Å². The zero-order chi connectivity index (χ0) is 11.8. The van der Waals surface area contributed by atoms with E-state index in [9.17, 15) is 0 Å². The number of benzene rings is 1. The van der Waals surface area contributed by atoms with E-state index in [2.05, 4.69) is 36.1 Å². The summed E-state index contributed by atoms with van der Waals surface area (Å²) in [6.07, 6.45) is 5.17. The van der Waals surface area contributed by atoms with Crippen LogP contribution in [-0.4, -0.2) is 23.5 Å². The van der Waals surface area contributed by atoms with E-state index in [0.717, 1.165) is 6.04 Å². The molecule has 2 N–H and O–H groups in total. The summed E-state index contributed by atoms with van der Waals surface area (Å²) in [7, 11) is 0. The average Bonchev–Trinajstić information content (AvgIpc) is 3.14. The van der Waals surface area contributed by atoms with E-state index in [1.54, 1.807) is 0 Å². The molecule has 1 saturated carbocycles. The molecule has 0 aromatic heterocycles. The van der Waals surface area contributed by atoms with Crippen molar-refractivity contribution in [2.24, 2.45) is 5.73 Å². The van der Waals surface area contributed by atoms with Crippen molar-refractivity contribution in [1.82, 2.24) is 4.90 Å². The van der Waals surface area contributed by atoms with Gasteiger partial charge in [0.15, 0.2) is 0 Å². The first-order chi connectivity index (χ1) is 8.27. The number of piperidine rings is 1. The van der Waals surface area contributed by atoms with E-state index in [0.29, 0.717) is 12.1 Å². The predicted octanol–water partition coefficient (Wildman–Crippen LogP) is 2.62. The van der Waals surface area contributed by atoms with Crippen molar-refractivity contribution < 1.29 is 0 Å². The summed E-state index contributed by atoms with van der Waals surface area (Å²) >= 11 is 0. The highest BCUT2D eigenvalue weighted by Gasteiger charge is 2.39. The van der Waals surface area contributed by atoms with Crippen LogP contribution in [0.1, 0.15) is 42.9 Å². The van der Waals surface area contributed by atoms with E-state index < -0.39 is 0 Å². The molecule has 2 nitrogen and oxygen atoms in total. The molecule has 3 rings (SSSR count). The zero-order valence-corrected chi connectivity index (χ0v) is 10.6. The molecule has 17 heavy (non-hydrogen) atoms. The molecule has 2 fully saturated rings. The molecule has 2 aliphatic rings. The van der Waals surface area contributed by atoms with Gasteiger partial charge in [0.1, 0.15) is 0 Å². The van der Waals surface area contributed by atoms with Gasteiger partial charge in [0.05, 0.1) is 6.04 Å². The van der Waals surface area contributed by atoms with Crippen LogP contribution in [0.2, 0.25) is 0 Å². The van der Waals surface area contributed by atoms with Crippen molar-refractivity contribution in [2.75, 3.05) is 6.54 Å². The minimum Gasteiger partial charge on any atom is -0.326 e. The van der Waals surface area contributed by atoms with Gasteiger partial charge >= 0.3 is 0 Å². The fraction of sp³-hybridized carbons (Fsp3) is 0.600. The summed E-state index contributed by atoms with van der Waals surface area (Å²) in [6.45, 7) is 3.44. The maximum absolute atomic E-state index is 6.39. The first-order valence-electron chi connectivity index (χ1n) is 6.84. The first kappa shape index (κ1) is 11.2.